The molecule has 1 unspecified atom stereocenters. The summed E-state index contributed by atoms with van der Waals surface area (Å²) in [5, 5.41) is 2.69. The van der Waals surface area contributed by atoms with Crippen LogP contribution in [0.1, 0.15) is 33.1 Å². The fourth-order valence-corrected chi connectivity index (χ4v) is 2.15. The van der Waals surface area contributed by atoms with Gasteiger partial charge in [-0.3, -0.25) is 14.4 Å². The second kappa shape index (κ2) is 7.11. The van der Waals surface area contributed by atoms with Crippen molar-refractivity contribution < 1.29 is 14.4 Å². The molecule has 1 rings (SSSR count). The van der Waals surface area contributed by atoms with Crippen LogP contribution in [-0.2, 0) is 14.4 Å². The van der Waals surface area contributed by atoms with E-state index in [9.17, 15) is 14.4 Å². The minimum Gasteiger partial charge on any atom is -0.370 e. The summed E-state index contributed by atoms with van der Waals surface area (Å²) in [6.07, 6.45) is 1.74. The van der Waals surface area contributed by atoms with Crippen molar-refractivity contribution in [3.05, 3.63) is 5.92 Å². The largest absolute Gasteiger partial charge is 0.370 e. The molecule has 1 aliphatic heterocycles. The van der Waals surface area contributed by atoms with Crippen LogP contribution in [0.2, 0.25) is 0 Å². The number of nitrogens with zero attached hydrogens (tertiary/aromatic N) is 1. The number of likely N-dealkylation sites (tertiary alicyclic amines) is 1. The Morgan fingerprint density at radius 3 is 2.58 bits per heavy atom. The number of piperidine rings is 1. The van der Waals surface area contributed by atoms with Crippen molar-refractivity contribution >= 4 is 17.7 Å². The molecule has 6 nitrogen and oxygen atoms in total. The lowest BCUT2D eigenvalue weighted by atomic mass is 9.96. The highest BCUT2D eigenvalue weighted by Crippen LogP contribution is 2.18. The molecule has 0 aromatic heterocycles. The van der Waals surface area contributed by atoms with Crippen molar-refractivity contribution in [1.82, 2.24) is 10.2 Å². The van der Waals surface area contributed by atoms with E-state index >= 15 is 0 Å². The van der Waals surface area contributed by atoms with E-state index in [2.05, 4.69) is 5.32 Å². The maximum Gasteiger partial charge on any atom is 0.229 e. The summed E-state index contributed by atoms with van der Waals surface area (Å²) in [5.74, 6) is 0.0128. The van der Waals surface area contributed by atoms with E-state index in [1.807, 2.05) is 0 Å². The van der Waals surface area contributed by atoms with Crippen LogP contribution in [-0.4, -0.2) is 42.3 Å². The Labute approximate surface area is 113 Å². The van der Waals surface area contributed by atoms with Gasteiger partial charge in [0.1, 0.15) is 0 Å². The molecule has 0 saturated carbocycles. The molecule has 1 aliphatic rings. The van der Waals surface area contributed by atoms with Crippen molar-refractivity contribution in [3.63, 3.8) is 0 Å². The molecular formula is C13H22N3O3. The molecule has 1 radical (unpaired) electrons. The van der Waals surface area contributed by atoms with Crippen LogP contribution in [0.25, 0.3) is 0 Å². The number of rotatable bonds is 5. The highest BCUT2D eigenvalue weighted by Gasteiger charge is 2.29. The number of nitrogens with one attached hydrogen (secondary N) is 1. The highest BCUT2D eigenvalue weighted by atomic mass is 16.2. The Hall–Kier alpha value is -1.59. The highest BCUT2D eigenvalue weighted by molar-refractivity contribution is 5.89. The smallest absolute Gasteiger partial charge is 0.229 e. The van der Waals surface area contributed by atoms with E-state index < -0.39 is 5.91 Å². The van der Waals surface area contributed by atoms with E-state index in [1.54, 1.807) is 18.7 Å². The van der Waals surface area contributed by atoms with Crippen molar-refractivity contribution in [2.75, 3.05) is 19.6 Å². The first-order chi connectivity index (χ1) is 8.91. The maximum atomic E-state index is 11.9. The van der Waals surface area contributed by atoms with Crippen molar-refractivity contribution in [3.8, 4) is 0 Å². The van der Waals surface area contributed by atoms with Gasteiger partial charge >= 0.3 is 0 Å². The fourth-order valence-electron chi connectivity index (χ4n) is 2.15. The number of hydrogen-bond donors (Lipinski definition) is 2. The van der Waals surface area contributed by atoms with Gasteiger partial charge in [-0.15, -0.1) is 0 Å². The summed E-state index contributed by atoms with van der Waals surface area (Å²) >= 11 is 0. The van der Waals surface area contributed by atoms with Crippen molar-refractivity contribution in [2.45, 2.75) is 33.1 Å². The molecule has 1 saturated heterocycles. The Morgan fingerprint density at radius 2 is 2.00 bits per heavy atom. The zero-order valence-corrected chi connectivity index (χ0v) is 11.6. The monoisotopic (exact) mass is 268 g/mol. The van der Waals surface area contributed by atoms with E-state index in [0.717, 1.165) is 18.8 Å². The van der Waals surface area contributed by atoms with Gasteiger partial charge in [-0.1, -0.05) is 0 Å². The molecule has 6 heteroatoms. The Bertz CT molecular complexity index is 355. The normalized spacial score (nSPS) is 19.3. The molecule has 0 bridgehead atoms. The number of primary amides is 1. The Morgan fingerprint density at radius 1 is 1.32 bits per heavy atom. The minimum absolute atomic E-state index is 0.00892. The first-order valence-corrected chi connectivity index (χ1v) is 6.57. The third-order valence-corrected chi connectivity index (χ3v) is 3.18. The first-order valence-electron chi connectivity index (χ1n) is 6.57. The van der Waals surface area contributed by atoms with Gasteiger partial charge in [-0.25, -0.2) is 0 Å². The molecule has 0 aromatic carbocycles. The van der Waals surface area contributed by atoms with Crippen molar-refractivity contribution in [1.29, 1.82) is 0 Å². The zero-order valence-electron chi connectivity index (χ0n) is 11.6. The van der Waals surface area contributed by atoms with Gasteiger partial charge in [-0.2, -0.15) is 0 Å². The van der Waals surface area contributed by atoms with E-state index in [-0.39, 0.29) is 30.7 Å². The third kappa shape index (κ3) is 4.89. The summed E-state index contributed by atoms with van der Waals surface area (Å²) in [6, 6.07) is 0. The van der Waals surface area contributed by atoms with Gasteiger partial charge in [0.2, 0.25) is 17.7 Å². The van der Waals surface area contributed by atoms with Crippen LogP contribution in [0.3, 0.4) is 0 Å². The molecular weight excluding hydrogens is 246 g/mol. The molecule has 0 spiro atoms. The minimum atomic E-state index is -0.433. The average Bonchev–Trinajstić information content (AvgIpc) is 2.37. The molecule has 0 aliphatic carbocycles. The number of carbonyl (C=O) groups is 3. The lowest BCUT2D eigenvalue weighted by molar-refractivity contribution is -0.134. The molecule has 3 amide bonds. The summed E-state index contributed by atoms with van der Waals surface area (Å²) in [5.41, 5.74) is 5.01. The third-order valence-electron chi connectivity index (χ3n) is 3.18. The summed E-state index contributed by atoms with van der Waals surface area (Å²) in [6.45, 7) is 4.97. The lowest BCUT2D eigenvalue weighted by Crippen LogP contribution is -2.46. The maximum absolute atomic E-state index is 11.9. The fraction of sp³-hybridized carbons (Fsp3) is 0.692. The topological polar surface area (TPSA) is 92.5 Å². The molecule has 19 heavy (non-hydrogen) atoms. The van der Waals surface area contributed by atoms with Gasteiger partial charge in [0.25, 0.3) is 0 Å². The van der Waals surface area contributed by atoms with E-state index in [0.29, 0.717) is 13.1 Å². The lowest BCUT2D eigenvalue weighted by Gasteiger charge is -2.33. The van der Waals surface area contributed by atoms with Gasteiger partial charge in [0.15, 0.2) is 0 Å². The van der Waals surface area contributed by atoms with Crippen LogP contribution in [0.5, 0.6) is 0 Å². The number of amides is 3. The quantitative estimate of drug-likeness (QED) is 0.725. The standard InChI is InChI=1S/C13H22N3O3/c1-9(2)13(19)16-7-3-4-10(8-16)12(18)15-6-5-11(14)17/h10H,3-8H2,1-2H3,(H2,14,17)(H,15,18). The van der Waals surface area contributed by atoms with E-state index in [4.69, 9.17) is 5.73 Å². The molecule has 107 valence electrons. The van der Waals surface area contributed by atoms with Crippen LogP contribution in [0, 0.1) is 11.8 Å². The van der Waals surface area contributed by atoms with Gasteiger partial charge < -0.3 is 16.0 Å². The number of nitrogens with two attached hydrogens (primary N) is 1. The SMILES string of the molecule is C[C](C)C(=O)N1CCCC(C(=O)NCCC(N)=O)C1. The Kier molecular flexibility index (Phi) is 5.79. The van der Waals surface area contributed by atoms with Crippen LogP contribution >= 0.6 is 0 Å². The second-order valence-electron chi connectivity index (χ2n) is 5.10. The number of carbonyl (C=O) groups excluding carboxylic acids is 3. The predicted octanol–water partition coefficient (Wildman–Crippen LogP) is -0.169. The average molecular weight is 268 g/mol. The Balaban J connectivity index is 2.43. The number of hydrogen-bond acceptors (Lipinski definition) is 3. The molecule has 0 aromatic rings. The van der Waals surface area contributed by atoms with Crippen LogP contribution in [0.15, 0.2) is 0 Å². The summed E-state index contributed by atoms with van der Waals surface area (Å²) in [7, 11) is 0. The van der Waals surface area contributed by atoms with E-state index in [1.165, 1.54) is 0 Å². The predicted molar refractivity (Wildman–Crippen MR) is 70.7 cm³/mol. The summed E-state index contributed by atoms with van der Waals surface area (Å²) in [4.78, 5) is 36.1. The second-order valence-corrected chi connectivity index (χ2v) is 5.10. The molecule has 1 atom stereocenters. The zero-order chi connectivity index (χ0) is 14.4. The molecule has 3 N–H and O–H groups in total. The van der Waals surface area contributed by atoms with Gasteiger partial charge in [0, 0.05) is 26.1 Å². The molecule has 1 fully saturated rings. The summed E-state index contributed by atoms with van der Waals surface area (Å²) < 4.78 is 0. The molecule has 1 heterocycles. The van der Waals surface area contributed by atoms with Gasteiger partial charge in [-0.05, 0) is 26.7 Å². The van der Waals surface area contributed by atoms with Crippen molar-refractivity contribution in [2.24, 2.45) is 11.7 Å². The van der Waals surface area contributed by atoms with Crippen LogP contribution in [0.4, 0.5) is 0 Å². The first kappa shape index (κ1) is 15.5. The van der Waals surface area contributed by atoms with Gasteiger partial charge in [0.05, 0.1) is 11.8 Å². The van der Waals surface area contributed by atoms with Crippen LogP contribution < -0.4 is 11.1 Å².